The van der Waals surface area contributed by atoms with Crippen molar-refractivity contribution in [1.29, 1.82) is 0 Å². The second-order valence-corrected chi connectivity index (χ2v) is 3.11. The molecule has 3 heteroatoms. The number of rotatable bonds is 1. The summed E-state index contributed by atoms with van der Waals surface area (Å²) >= 11 is 0. The molecule has 1 aromatic carbocycles. The monoisotopic (exact) mass is 233 g/mol. The lowest BCUT2D eigenvalue weighted by molar-refractivity contribution is 0.745. The van der Waals surface area contributed by atoms with Crippen LogP contribution in [0.15, 0.2) is 30.5 Å². The average molecular weight is 233 g/mol. The summed E-state index contributed by atoms with van der Waals surface area (Å²) in [5.74, 6) is 0. The summed E-state index contributed by atoms with van der Waals surface area (Å²) in [6.45, 7) is 12.0. The summed E-state index contributed by atoms with van der Waals surface area (Å²) < 4.78 is 0. The van der Waals surface area contributed by atoms with E-state index in [4.69, 9.17) is 0 Å². The van der Waals surface area contributed by atoms with Crippen molar-refractivity contribution in [3.05, 3.63) is 41.7 Å². The molecule has 0 radical (unpaired) electrons. The molecule has 2 aromatic rings. The van der Waals surface area contributed by atoms with Gasteiger partial charge in [-0.1, -0.05) is 45.4 Å². The van der Waals surface area contributed by atoms with E-state index in [0.717, 1.165) is 11.4 Å². The highest BCUT2D eigenvalue weighted by molar-refractivity contribution is 5.32. The highest BCUT2D eigenvalue weighted by Gasteiger charge is 1.97. The number of hydrogen-bond donors (Lipinski definition) is 0. The SMILES string of the molecule is CC.CC.Cc1ccc(-n2ncc(C)n2)cc1. The van der Waals surface area contributed by atoms with Gasteiger partial charge in [0.15, 0.2) is 0 Å². The van der Waals surface area contributed by atoms with E-state index in [2.05, 4.69) is 17.1 Å². The first-order valence-electron chi connectivity index (χ1n) is 6.22. The van der Waals surface area contributed by atoms with Gasteiger partial charge in [0.25, 0.3) is 0 Å². The maximum absolute atomic E-state index is 4.22. The predicted molar refractivity (Wildman–Crippen MR) is 73.5 cm³/mol. The van der Waals surface area contributed by atoms with Crippen LogP contribution in [0.3, 0.4) is 0 Å². The molecule has 0 aliphatic rings. The molecule has 2 rings (SSSR count). The Kier molecular flexibility index (Phi) is 7.68. The van der Waals surface area contributed by atoms with Gasteiger partial charge in [0.05, 0.1) is 17.6 Å². The molecule has 0 spiro atoms. The standard InChI is InChI=1S/C10H11N3.2C2H6/c1-8-3-5-10(6-4-8)13-11-7-9(2)12-13;2*1-2/h3-7H,1-2H3;2*1-2H3. The van der Waals surface area contributed by atoms with Gasteiger partial charge >= 0.3 is 0 Å². The van der Waals surface area contributed by atoms with Gasteiger partial charge in [0, 0.05) is 0 Å². The lowest BCUT2D eigenvalue weighted by atomic mass is 10.2. The minimum atomic E-state index is 0.931. The fraction of sp³-hybridized carbons (Fsp3) is 0.429. The Morgan fingerprint density at radius 3 is 1.82 bits per heavy atom. The van der Waals surface area contributed by atoms with Crippen LogP contribution in [0, 0.1) is 13.8 Å². The molecule has 0 aliphatic heterocycles. The summed E-state index contributed by atoms with van der Waals surface area (Å²) in [7, 11) is 0. The van der Waals surface area contributed by atoms with Crippen molar-refractivity contribution in [3.8, 4) is 5.69 Å². The Labute approximate surface area is 104 Å². The van der Waals surface area contributed by atoms with Crippen molar-refractivity contribution in [2.75, 3.05) is 0 Å². The Hall–Kier alpha value is -1.64. The van der Waals surface area contributed by atoms with E-state index in [1.165, 1.54) is 5.56 Å². The number of aromatic nitrogens is 3. The van der Waals surface area contributed by atoms with Crippen LogP contribution in [0.25, 0.3) is 5.69 Å². The third kappa shape index (κ3) is 4.81. The van der Waals surface area contributed by atoms with Crippen molar-refractivity contribution >= 4 is 0 Å². The van der Waals surface area contributed by atoms with Crippen LogP contribution >= 0.6 is 0 Å². The zero-order chi connectivity index (χ0) is 13.3. The van der Waals surface area contributed by atoms with E-state index in [1.54, 1.807) is 11.0 Å². The van der Waals surface area contributed by atoms with E-state index in [9.17, 15) is 0 Å². The quantitative estimate of drug-likeness (QED) is 0.747. The Morgan fingerprint density at radius 1 is 0.882 bits per heavy atom. The molecule has 0 aliphatic carbocycles. The molecule has 94 valence electrons. The molecule has 0 atom stereocenters. The van der Waals surface area contributed by atoms with Crippen LogP contribution in [-0.4, -0.2) is 15.0 Å². The zero-order valence-electron chi connectivity index (χ0n) is 11.7. The van der Waals surface area contributed by atoms with Crippen LogP contribution < -0.4 is 0 Å². The first-order valence-corrected chi connectivity index (χ1v) is 6.22. The smallest absolute Gasteiger partial charge is 0.0856 e. The molecule has 0 amide bonds. The highest BCUT2D eigenvalue weighted by atomic mass is 15.5. The van der Waals surface area contributed by atoms with Crippen LogP contribution in [0.5, 0.6) is 0 Å². The van der Waals surface area contributed by atoms with E-state index >= 15 is 0 Å². The molecule has 17 heavy (non-hydrogen) atoms. The fourth-order valence-electron chi connectivity index (χ4n) is 1.14. The largest absolute Gasteiger partial charge is 0.157 e. The maximum Gasteiger partial charge on any atom is 0.0856 e. The van der Waals surface area contributed by atoms with Crippen LogP contribution in [0.1, 0.15) is 39.0 Å². The molecule has 0 saturated carbocycles. The lowest BCUT2D eigenvalue weighted by Gasteiger charge is -1.98. The molecule has 0 unspecified atom stereocenters. The third-order valence-corrected chi connectivity index (χ3v) is 1.87. The molecule has 0 N–H and O–H groups in total. The van der Waals surface area contributed by atoms with Gasteiger partial charge in [0.1, 0.15) is 0 Å². The van der Waals surface area contributed by atoms with Gasteiger partial charge in [0.2, 0.25) is 0 Å². The highest BCUT2D eigenvalue weighted by Crippen LogP contribution is 2.06. The second kappa shape index (κ2) is 8.50. The second-order valence-electron chi connectivity index (χ2n) is 3.11. The predicted octanol–water partition coefficient (Wildman–Crippen LogP) is 3.94. The molecule has 0 bridgehead atoms. The first-order chi connectivity index (χ1) is 8.25. The summed E-state index contributed by atoms with van der Waals surface area (Å²) in [4.78, 5) is 1.63. The van der Waals surface area contributed by atoms with E-state index in [-0.39, 0.29) is 0 Å². The minimum absolute atomic E-state index is 0.931. The molecule has 1 heterocycles. The van der Waals surface area contributed by atoms with Gasteiger partial charge in [-0.25, -0.2) is 0 Å². The number of benzene rings is 1. The van der Waals surface area contributed by atoms with Gasteiger partial charge in [-0.3, -0.25) is 0 Å². The minimum Gasteiger partial charge on any atom is -0.157 e. The first kappa shape index (κ1) is 15.4. The topological polar surface area (TPSA) is 30.7 Å². The van der Waals surface area contributed by atoms with E-state index in [0.29, 0.717) is 0 Å². The van der Waals surface area contributed by atoms with Crippen LogP contribution in [0.2, 0.25) is 0 Å². The summed E-state index contributed by atoms with van der Waals surface area (Å²) in [6, 6.07) is 8.12. The Morgan fingerprint density at radius 2 is 1.41 bits per heavy atom. The van der Waals surface area contributed by atoms with E-state index < -0.39 is 0 Å². The molecule has 0 saturated heterocycles. The molecule has 3 nitrogen and oxygen atoms in total. The summed E-state index contributed by atoms with van der Waals surface area (Å²) in [5.41, 5.74) is 3.17. The Balaban J connectivity index is 0.000000581. The molecule has 1 aromatic heterocycles. The van der Waals surface area contributed by atoms with Gasteiger partial charge in [-0.05, 0) is 26.0 Å². The summed E-state index contributed by atoms with van der Waals surface area (Å²) in [6.07, 6.45) is 1.75. The molecular formula is C14H23N3. The van der Waals surface area contributed by atoms with E-state index in [1.807, 2.05) is 58.9 Å². The van der Waals surface area contributed by atoms with Gasteiger partial charge in [-0.15, -0.1) is 0 Å². The molecular weight excluding hydrogens is 210 g/mol. The third-order valence-electron chi connectivity index (χ3n) is 1.87. The van der Waals surface area contributed by atoms with Gasteiger partial charge in [-0.2, -0.15) is 15.0 Å². The molecule has 0 fully saturated rings. The van der Waals surface area contributed by atoms with Crippen LogP contribution in [0.4, 0.5) is 0 Å². The van der Waals surface area contributed by atoms with Gasteiger partial charge < -0.3 is 0 Å². The van der Waals surface area contributed by atoms with Crippen molar-refractivity contribution in [3.63, 3.8) is 0 Å². The van der Waals surface area contributed by atoms with Crippen molar-refractivity contribution in [2.45, 2.75) is 41.5 Å². The number of hydrogen-bond acceptors (Lipinski definition) is 2. The zero-order valence-corrected chi connectivity index (χ0v) is 11.7. The Bertz CT molecular complexity index is 402. The number of nitrogens with zero attached hydrogens (tertiary/aromatic N) is 3. The van der Waals surface area contributed by atoms with Crippen molar-refractivity contribution < 1.29 is 0 Å². The lowest BCUT2D eigenvalue weighted by Crippen LogP contribution is -1.98. The van der Waals surface area contributed by atoms with Crippen molar-refractivity contribution in [2.24, 2.45) is 0 Å². The number of aryl methyl sites for hydroxylation is 2. The van der Waals surface area contributed by atoms with Crippen LogP contribution in [-0.2, 0) is 0 Å². The van der Waals surface area contributed by atoms with Crippen molar-refractivity contribution in [1.82, 2.24) is 15.0 Å². The maximum atomic E-state index is 4.22. The fourth-order valence-corrected chi connectivity index (χ4v) is 1.14. The summed E-state index contributed by atoms with van der Waals surface area (Å²) in [5, 5.41) is 8.34. The average Bonchev–Trinajstić information content (AvgIpc) is 2.82. The normalized spacial score (nSPS) is 8.59.